The molecule has 0 saturated carbocycles. The minimum absolute atomic E-state index is 0.111. The lowest BCUT2D eigenvalue weighted by molar-refractivity contribution is -0.135. The van der Waals surface area contributed by atoms with Gasteiger partial charge in [-0.1, -0.05) is 42.5 Å². The highest BCUT2D eigenvalue weighted by molar-refractivity contribution is 5.79. The lowest BCUT2D eigenvalue weighted by atomic mass is 9.82. The number of para-hydroxylation sites is 1. The van der Waals surface area contributed by atoms with Crippen LogP contribution in [0.25, 0.3) is 0 Å². The lowest BCUT2D eigenvalue weighted by Gasteiger charge is -2.38. The Labute approximate surface area is 244 Å². The average Bonchev–Trinajstić information content (AvgIpc) is 3.50. The summed E-state index contributed by atoms with van der Waals surface area (Å²) in [5.41, 5.74) is 2.14. The molecule has 2 aromatic rings. The summed E-state index contributed by atoms with van der Waals surface area (Å²) in [6.07, 6.45) is 8.04. The van der Waals surface area contributed by atoms with Gasteiger partial charge in [0, 0.05) is 51.3 Å². The SMILES string of the molecule is COc1cccc(CN2CC(=O)N3CC[C@@H](CC(=O)NCCN4CCCC4)[C@@H](/C=C/COc4ccccc4C2)C3)c1. The van der Waals surface area contributed by atoms with Crippen molar-refractivity contribution in [2.45, 2.75) is 38.8 Å². The highest BCUT2D eigenvalue weighted by Crippen LogP contribution is 2.29. The second-order valence-corrected chi connectivity index (χ2v) is 11.5. The molecule has 2 aromatic carbocycles. The molecule has 2 fully saturated rings. The van der Waals surface area contributed by atoms with Crippen LogP contribution in [0, 0.1) is 11.8 Å². The van der Waals surface area contributed by atoms with E-state index in [0.29, 0.717) is 52.3 Å². The first-order valence-electron chi connectivity index (χ1n) is 15.1. The van der Waals surface area contributed by atoms with Crippen molar-refractivity contribution in [1.29, 1.82) is 0 Å². The van der Waals surface area contributed by atoms with E-state index in [9.17, 15) is 9.59 Å². The van der Waals surface area contributed by atoms with E-state index in [1.165, 1.54) is 12.8 Å². The molecule has 0 spiro atoms. The minimum Gasteiger partial charge on any atom is -0.497 e. The zero-order valence-electron chi connectivity index (χ0n) is 24.3. The van der Waals surface area contributed by atoms with E-state index in [-0.39, 0.29) is 23.7 Å². The molecule has 3 aliphatic heterocycles. The Morgan fingerprint density at radius 2 is 1.90 bits per heavy atom. The molecule has 1 N–H and O–H groups in total. The number of ether oxygens (including phenoxy) is 2. The van der Waals surface area contributed by atoms with Crippen molar-refractivity contribution in [3.63, 3.8) is 0 Å². The van der Waals surface area contributed by atoms with Crippen molar-refractivity contribution in [3.8, 4) is 11.5 Å². The molecule has 2 bridgehead atoms. The number of fused-ring (bicyclic) bond motifs is 3. The van der Waals surface area contributed by atoms with Gasteiger partial charge in [-0.3, -0.25) is 14.5 Å². The molecule has 2 atom stereocenters. The number of nitrogens with one attached hydrogen (secondary N) is 1. The van der Waals surface area contributed by atoms with Crippen LogP contribution in [0.1, 0.15) is 36.8 Å². The number of likely N-dealkylation sites (tertiary alicyclic amines) is 1. The normalized spacial score (nSPS) is 23.0. The topological polar surface area (TPSA) is 74.4 Å². The Morgan fingerprint density at radius 1 is 1.05 bits per heavy atom. The molecule has 220 valence electrons. The van der Waals surface area contributed by atoms with E-state index in [2.05, 4.69) is 39.4 Å². The van der Waals surface area contributed by atoms with Crippen LogP contribution in [-0.2, 0) is 22.7 Å². The third-order valence-corrected chi connectivity index (χ3v) is 8.54. The standard InChI is InChI=1S/C33H44N4O4/c1-40-30-11-6-8-26(20-30)22-36-23-29-9-2-3-12-31(29)41-19-7-10-28-24-37(33(39)25-36)17-13-27(28)21-32(38)34-14-18-35-15-4-5-16-35/h2-3,6-12,20,27-28H,4-5,13-19,21-25H2,1H3,(H,34,38)/b10-7+/t27-,28-/m0/s1. The fraction of sp³-hybridized carbons (Fsp3) is 0.515. The number of amides is 2. The van der Waals surface area contributed by atoms with Crippen LogP contribution in [0.3, 0.4) is 0 Å². The van der Waals surface area contributed by atoms with E-state index < -0.39 is 0 Å². The van der Waals surface area contributed by atoms with Gasteiger partial charge >= 0.3 is 0 Å². The number of piperidine rings is 1. The fourth-order valence-electron chi connectivity index (χ4n) is 6.27. The van der Waals surface area contributed by atoms with Gasteiger partial charge in [0.25, 0.3) is 0 Å². The van der Waals surface area contributed by atoms with Crippen LogP contribution in [-0.4, -0.2) is 86.0 Å². The highest BCUT2D eigenvalue weighted by atomic mass is 16.5. The number of methoxy groups -OCH3 is 1. The number of benzene rings is 2. The van der Waals surface area contributed by atoms with Gasteiger partial charge in [0.1, 0.15) is 18.1 Å². The summed E-state index contributed by atoms with van der Waals surface area (Å²) < 4.78 is 11.6. The van der Waals surface area contributed by atoms with Crippen molar-refractivity contribution in [2.24, 2.45) is 11.8 Å². The third kappa shape index (κ3) is 8.33. The summed E-state index contributed by atoms with van der Waals surface area (Å²) >= 11 is 0. The van der Waals surface area contributed by atoms with Crippen LogP contribution < -0.4 is 14.8 Å². The molecule has 2 amide bonds. The van der Waals surface area contributed by atoms with E-state index in [1.54, 1.807) is 7.11 Å². The van der Waals surface area contributed by atoms with Gasteiger partial charge in [-0.05, 0) is 68.0 Å². The van der Waals surface area contributed by atoms with Gasteiger partial charge in [0.05, 0.1) is 13.7 Å². The Morgan fingerprint density at radius 3 is 2.76 bits per heavy atom. The quantitative estimate of drug-likeness (QED) is 0.497. The van der Waals surface area contributed by atoms with Crippen LogP contribution in [0.2, 0.25) is 0 Å². The van der Waals surface area contributed by atoms with E-state index >= 15 is 0 Å². The molecule has 0 aliphatic carbocycles. The number of hydrogen-bond donors (Lipinski definition) is 1. The molecule has 5 rings (SSSR count). The average molecular weight is 561 g/mol. The van der Waals surface area contributed by atoms with Crippen molar-refractivity contribution >= 4 is 11.8 Å². The number of nitrogens with zero attached hydrogens (tertiary/aromatic N) is 3. The summed E-state index contributed by atoms with van der Waals surface area (Å²) in [4.78, 5) is 33.1. The van der Waals surface area contributed by atoms with E-state index in [0.717, 1.165) is 48.7 Å². The Balaban J connectivity index is 1.27. The Kier molecular flexibility index (Phi) is 10.3. The van der Waals surface area contributed by atoms with Crippen LogP contribution in [0.5, 0.6) is 11.5 Å². The molecule has 0 aromatic heterocycles. The molecule has 3 heterocycles. The van der Waals surface area contributed by atoms with Crippen LogP contribution in [0.4, 0.5) is 0 Å². The molecule has 0 unspecified atom stereocenters. The predicted molar refractivity (Wildman–Crippen MR) is 160 cm³/mol. The monoisotopic (exact) mass is 560 g/mol. The number of rotatable bonds is 8. The van der Waals surface area contributed by atoms with Gasteiger partial charge < -0.3 is 24.6 Å². The molecule has 3 aliphatic rings. The first-order chi connectivity index (χ1) is 20.1. The number of carbonyl (C=O) groups is 2. The van der Waals surface area contributed by atoms with Crippen molar-refractivity contribution in [1.82, 2.24) is 20.0 Å². The summed E-state index contributed by atoms with van der Waals surface area (Å²) in [6.45, 7) is 7.18. The molecule has 2 saturated heterocycles. The van der Waals surface area contributed by atoms with Gasteiger partial charge in [-0.2, -0.15) is 0 Å². The maximum absolute atomic E-state index is 13.7. The second-order valence-electron chi connectivity index (χ2n) is 11.5. The first kappa shape index (κ1) is 29.1. The zero-order valence-corrected chi connectivity index (χ0v) is 24.3. The Hall–Kier alpha value is -3.36. The maximum Gasteiger partial charge on any atom is 0.236 e. The number of hydrogen-bond acceptors (Lipinski definition) is 6. The van der Waals surface area contributed by atoms with Crippen LogP contribution in [0.15, 0.2) is 60.7 Å². The first-order valence-corrected chi connectivity index (χ1v) is 15.1. The predicted octanol–water partition coefficient (Wildman–Crippen LogP) is 3.71. The van der Waals surface area contributed by atoms with Crippen molar-refractivity contribution < 1.29 is 19.1 Å². The molecule has 8 heteroatoms. The molecule has 41 heavy (non-hydrogen) atoms. The van der Waals surface area contributed by atoms with Gasteiger partial charge in [-0.25, -0.2) is 0 Å². The summed E-state index contributed by atoms with van der Waals surface area (Å²) in [5.74, 6) is 2.18. The van der Waals surface area contributed by atoms with Gasteiger partial charge in [-0.15, -0.1) is 0 Å². The summed E-state index contributed by atoms with van der Waals surface area (Å²) in [5, 5.41) is 3.14. The van der Waals surface area contributed by atoms with Crippen molar-refractivity contribution in [3.05, 3.63) is 71.8 Å². The minimum atomic E-state index is 0.111. The smallest absolute Gasteiger partial charge is 0.236 e. The number of carbonyl (C=O) groups excluding carboxylic acids is 2. The zero-order chi connectivity index (χ0) is 28.4. The third-order valence-electron chi connectivity index (χ3n) is 8.54. The molecular weight excluding hydrogens is 516 g/mol. The second kappa shape index (κ2) is 14.5. The lowest BCUT2D eigenvalue weighted by Crippen LogP contribution is -2.47. The largest absolute Gasteiger partial charge is 0.497 e. The van der Waals surface area contributed by atoms with Gasteiger partial charge in [0.2, 0.25) is 11.8 Å². The van der Waals surface area contributed by atoms with Gasteiger partial charge in [0.15, 0.2) is 0 Å². The molecule has 0 radical (unpaired) electrons. The highest BCUT2D eigenvalue weighted by Gasteiger charge is 2.32. The van der Waals surface area contributed by atoms with E-state index in [1.807, 2.05) is 41.3 Å². The van der Waals surface area contributed by atoms with Crippen LogP contribution >= 0.6 is 0 Å². The Bertz CT molecular complexity index is 1200. The maximum atomic E-state index is 13.7. The molecule has 8 nitrogen and oxygen atoms in total. The fourth-order valence-corrected chi connectivity index (χ4v) is 6.27. The summed E-state index contributed by atoms with van der Waals surface area (Å²) in [6, 6.07) is 16.1. The van der Waals surface area contributed by atoms with Crippen molar-refractivity contribution in [2.75, 3.05) is 59.5 Å². The molecular formula is C33H44N4O4. The summed E-state index contributed by atoms with van der Waals surface area (Å²) in [7, 11) is 1.67. The van der Waals surface area contributed by atoms with E-state index in [4.69, 9.17) is 9.47 Å².